The van der Waals surface area contributed by atoms with Crippen LogP contribution in [0.3, 0.4) is 0 Å². The number of anilines is 2. The Kier molecular flexibility index (Phi) is 1.12. The number of hydrogen-bond acceptors (Lipinski definition) is 2. The smallest absolute Gasteiger partial charge is 0.130 e. The summed E-state index contributed by atoms with van der Waals surface area (Å²) in [7, 11) is 0. The lowest BCUT2D eigenvalue weighted by atomic mass is 10.3. The first-order chi connectivity index (χ1) is 8.52. The van der Waals surface area contributed by atoms with Crippen LogP contribution in [-0.4, -0.2) is 4.98 Å². The second kappa shape index (κ2) is 3.72. The van der Waals surface area contributed by atoms with Gasteiger partial charge in [-0.2, -0.15) is 0 Å². The van der Waals surface area contributed by atoms with Gasteiger partial charge in [0.2, 0.25) is 0 Å². The van der Waals surface area contributed by atoms with Gasteiger partial charge in [0, 0.05) is 11.9 Å². The van der Waals surface area contributed by atoms with E-state index in [1.165, 1.54) is 0 Å². The second-order valence-electron chi connectivity index (χ2n) is 2.34. The van der Waals surface area contributed by atoms with Gasteiger partial charge in [-0.25, -0.2) is 4.98 Å². The highest BCUT2D eigenvalue weighted by molar-refractivity contribution is 5.55. The number of hydrogen-bond donors (Lipinski definition) is 1. The number of benzene rings is 1. The van der Waals surface area contributed by atoms with Crippen LogP contribution in [0.25, 0.3) is 0 Å². The number of pyridine rings is 1. The zero-order valence-electron chi connectivity index (χ0n) is 11.8. The zero-order valence-corrected chi connectivity index (χ0v) is 6.76. The van der Waals surface area contributed by atoms with Gasteiger partial charge in [-0.15, -0.1) is 0 Å². The maximum absolute atomic E-state index is 7.72. The van der Waals surface area contributed by atoms with Crippen LogP contribution < -0.4 is 5.32 Å². The highest BCUT2D eigenvalue weighted by atomic mass is 15.0. The molecule has 2 heteroatoms. The molecule has 1 heterocycles. The van der Waals surface area contributed by atoms with Crippen LogP contribution in [0.1, 0.15) is 6.85 Å². The molecule has 2 aromatic rings. The van der Waals surface area contributed by atoms with E-state index in [0.29, 0.717) is 5.82 Å². The molecule has 0 atom stereocenters. The van der Waals surface area contributed by atoms with Crippen molar-refractivity contribution in [3.63, 3.8) is 0 Å². The fraction of sp³-hybridized carbons (Fsp3) is 0. The summed E-state index contributed by atoms with van der Waals surface area (Å²) >= 11 is 0. The standard InChI is InChI=1S/C11H10N2/c1-2-6-10(7-3-1)13-11-8-4-5-9-12-11/h1-9H,(H,12,13)/i1D,2D,3D,6D,7D. The molecule has 0 fully saturated rings. The first-order valence-corrected chi connectivity index (χ1v) is 3.77. The summed E-state index contributed by atoms with van der Waals surface area (Å²) in [5.41, 5.74) is 0.0275. The van der Waals surface area contributed by atoms with Gasteiger partial charge in [-0.3, -0.25) is 0 Å². The monoisotopic (exact) mass is 175 g/mol. The van der Waals surface area contributed by atoms with Crippen LogP contribution in [0.5, 0.6) is 0 Å². The predicted molar refractivity (Wildman–Crippen MR) is 54.0 cm³/mol. The molecule has 0 aliphatic rings. The Morgan fingerprint density at radius 3 is 2.69 bits per heavy atom. The van der Waals surface area contributed by atoms with E-state index < -0.39 is 6.04 Å². The third kappa shape index (κ3) is 2.06. The van der Waals surface area contributed by atoms with E-state index in [4.69, 9.17) is 6.85 Å². The quantitative estimate of drug-likeness (QED) is 0.759. The maximum Gasteiger partial charge on any atom is 0.130 e. The number of para-hydroxylation sites is 1. The van der Waals surface area contributed by atoms with Crippen molar-refractivity contribution in [3.05, 3.63) is 54.6 Å². The molecule has 1 aromatic heterocycles. The van der Waals surface area contributed by atoms with E-state index in [0.717, 1.165) is 0 Å². The Hall–Kier alpha value is -1.83. The maximum atomic E-state index is 7.72. The fourth-order valence-electron chi connectivity index (χ4n) is 0.877. The average molecular weight is 175 g/mol. The molecule has 0 saturated heterocycles. The highest BCUT2D eigenvalue weighted by Gasteiger charge is 1.91. The summed E-state index contributed by atoms with van der Waals surface area (Å²) in [5.74, 6) is 0.427. The van der Waals surface area contributed by atoms with Gasteiger partial charge in [0.1, 0.15) is 5.82 Å². The third-order valence-electron chi connectivity index (χ3n) is 1.42. The van der Waals surface area contributed by atoms with Crippen molar-refractivity contribution in [1.29, 1.82) is 0 Å². The second-order valence-corrected chi connectivity index (χ2v) is 2.34. The lowest BCUT2D eigenvalue weighted by molar-refractivity contribution is 1.31. The topological polar surface area (TPSA) is 24.9 Å². The Labute approximate surface area is 84.3 Å². The van der Waals surface area contributed by atoms with Gasteiger partial charge in [0.15, 0.2) is 0 Å². The Bertz CT molecular complexity index is 557. The summed E-state index contributed by atoms with van der Waals surface area (Å²) in [6.45, 7) is 0. The molecule has 0 unspecified atom stereocenters. The van der Waals surface area contributed by atoms with E-state index in [9.17, 15) is 0 Å². The normalized spacial score (nSPS) is 14.9. The molecule has 0 aliphatic carbocycles. The first kappa shape index (κ1) is 3.92. The third-order valence-corrected chi connectivity index (χ3v) is 1.42. The van der Waals surface area contributed by atoms with Crippen molar-refractivity contribution in [1.82, 2.24) is 4.98 Å². The van der Waals surface area contributed by atoms with E-state index in [2.05, 4.69) is 10.3 Å². The number of nitrogens with zero attached hydrogens (tertiary/aromatic N) is 1. The van der Waals surface area contributed by atoms with Crippen LogP contribution in [0, 0.1) is 0 Å². The molecule has 1 aromatic carbocycles. The van der Waals surface area contributed by atoms with Crippen molar-refractivity contribution in [2.75, 3.05) is 5.32 Å². The van der Waals surface area contributed by atoms with Crippen molar-refractivity contribution >= 4 is 11.5 Å². The summed E-state index contributed by atoms with van der Waals surface area (Å²) in [6.07, 6.45) is 1.55. The van der Waals surface area contributed by atoms with Gasteiger partial charge in [-0.1, -0.05) is 24.2 Å². The van der Waals surface area contributed by atoms with Crippen LogP contribution in [0.15, 0.2) is 54.6 Å². The molecule has 0 amide bonds. The Morgan fingerprint density at radius 1 is 1.15 bits per heavy atom. The van der Waals surface area contributed by atoms with Gasteiger partial charge in [-0.05, 0) is 24.2 Å². The first-order valence-electron chi connectivity index (χ1n) is 6.27. The van der Waals surface area contributed by atoms with Crippen molar-refractivity contribution < 1.29 is 6.85 Å². The minimum absolute atomic E-state index is 0.0275. The summed E-state index contributed by atoms with van der Waals surface area (Å²) in [6, 6.07) is 3.44. The van der Waals surface area contributed by atoms with Gasteiger partial charge in [0.05, 0.1) is 6.85 Å². The molecular formula is C11H10N2. The number of nitrogens with one attached hydrogen (secondary N) is 1. The molecular weight excluding hydrogens is 160 g/mol. The molecule has 2 rings (SSSR count). The van der Waals surface area contributed by atoms with Crippen LogP contribution in [-0.2, 0) is 0 Å². The largest absolute Gasteiger partial charge is 0.340 e. The van der Waals surface area contributed by atoms with Crippen molar-refractivity contribution in [3.8, 4) is 0 Å². The average Bonchev–Trinajstić information content (AvgIpc) is 2.40. The SMILES string of the molecule is [2H]c1c([2H])c([2H])c(Nc2ccccn2)c([2H])c1[2H]. The van der Waals surface area contributed by atoms with E-state index in [1.54, 1.807) is 24.4 Å². The molecule has 2 nitrogen and oxygen atoms in total. The van der Waals surface area contributed by atoms with E-state index in [1.807, 2.05) is 0 Å². The highest BCUT2D eigenvalue weighted by Crippen LogP contribution is 2.11. The number of aromatic nitrogens is 1. The van der Waals surface area contributed by atoms with Crippen LogP contribution in [0.4, 0.5) is 11.5 Å². The van der Waals surface area contributed by atoms with Crippen LogP contribution >= 0.6 is 0 Å². The van der Waals surface area contributed by atoms with E-state index in [-0.39, 0.29) is 29.9 Å². The number of rotatable bonds is 2. The molecule has 1 N–H and O–H groups in total. The minimum Gasteiger partial charge on any atom is -0.340 e. The van der Waals surface area contributed by atoms with Gasteiger partial charge in [0.25, 0.3) is 0 Å². The summed E-state index contributed by atoms with van der Waals surface area (Å²) < 4.78 is 38.0. The molecule has 64 valence electrons. The molecule has 13 heavy (non-hydrogen) atoms. The zero-order chi connectivity index (χ0) is 13.3. The molecule has 0 bridgehead atoms. The fourth-order valence-corrected chi connectivity index (χ4v) is 0.877. The molecule has 0 saturated carbocycles. The van der Waals surface area contributed by atoms with E-state index >= 15 is 0 Å². The summed E-state index contributed by atoms with van der Waals surface area (Å²) in [5, 5.41) is 2.74. The molecule has 0 radical (unpaired) electrons. The predicted octanol–water partition coefficient (Wildman–Crippen LogP) is 2.83. The van der Waals surface area contributed by atoms with Gasteiger partial charge >= 0.3 is 0 Å². The molecule has 0 spiro atoms. The Balaban J connectivity index is 2.52. The minimum atomic E-state index is -0.406. The lowest BCUT2D eigenvalue weighted by Gasteiger charge is -2.03. The van der Waals surface area contributed by atoms with Crippen molar-refractivity contribution in [2.24, 2.45) is 0 Å². The van der Waals surface area contributed by atoms with Crippen molar-refractivity contribution in [2.45, 2.75) is 0 Å². The van der Waals surface area contributed by atoms with Gasteiger partial charge < -0.3 is 5.32 Å². The Morgan fingerprint density at radius 2 is 2.00 bits per heavy atom. The van der Waals surface area contributed by atoms with Crippen LogP contribution in [0.2, 0.25) is 0 Å². The summed E-state index contributed by atoms with van der Waals surface area (Å²) in [4.78, 5) is 3.99. The molecule has 0 aliphatic heterocycles. The lowest BCUT2D eigenvalue weighted by Crippen LogP contribution is -1.91.